The molecule has 0 aliphatic heterocycles. The second kappa shape index (κ2) is 3.60. The maximum Gasteiger partial charge on any atom is 0.129 e. The molecule has 1 atom stereocenters. The lowest BCUT2D eigenvalue weighted by atomic mass is 10.1. The zero-order valence-corrected chi connectivity index (χ0v) is 4.90. The molecular formula is C5H4O5-2. The first-order chi connectivity index (χ1) is 4.57. The van der Waals surface area contributed by atoms with Crippen molar-refractivity contribution >= 4 is 18.2 Å². The van der Waals surface area contributed by atoms with E-state index in [2.05, 4.69) is 0 Å². The predicted octanol–water partition coefficient (Wildman–Crippen LogP) is -3.31. The highest BCUT2D eigenvalue weighted by molar-refractivity contribution is 5.88. The number of aliphatic carboxylic acids is 2. The van der Waals surface area contributed by atoms with Crippen LogP contribution in [-0.4, -0.2) is 18.2 Å². The molecule has 0 spiro atoms. The number of hydrogen-bond donors (Lipinski definition) is 0. The normalized spacial score (nSPS) is 12.0. The van der Waals surface area contributed by atoms with Crippen molar-refractivity contribution in [3.05, 3.63) is 0 Å². The first kappa shape index (κ1) is 8.61. The van der Waals surface area contributed by atoms with Gasteiger partial charge in [0.15, 0.2) is 0 Å². The molecule has 0 aromatic rings. The van der Waals surface area contributed by atoms with Crippen LogP contribution in [0.2, 0.25) is 0 Å². The van der Waals surface area contributed by atoms with Crippen molar-refractivity contribution in [2.24, 2.45) is 5.92 Å². The summed E-state index contributed by atoms with van der Waals surface area (Å²) in [6.45, 7) is 0. The van der Waals surface area contributed by atoms with Crippen LogP contribution in [0.25, 0.3) is 0 Å². The molecule has 0 aliphatic carbocycles. The van der Waals surface area contributed by atoms with Crippen molar-refractivity contribution in [3.8, 4) is 0 Å². The Bertz CT molecular complexity index is 161. The van der Waals surface area contributed by atoms with E-state index in [4.69, 9.17) is 0 Å². The molecule has 0 saturated carbocycles. The molecule has 0 radical (unpaired) electrons. The molecule has 56 valence electrons. The molecule has 0 heterocycles. The van der Waals surface area contributed by atoms with Gasteiger partial charge in [-0.15, -0.1) is 0 Å². The Balaban J connectivity index is 3.96. The van der Waals surface area contributed by atoms with Crippen molar-refractivity contribution in [2.45, 2.75) is 6.42 Å². The summed E-state index contributed by atoms with van der Waals surface area (Å²) in [5.41, 5.74) is 0. The SMILES string of the molecule is O=CC(CC(=O)[O-])C(=O)[O-]. The smallest absolute Gasteiger partial charge is 0.129 e. The van der Waals surface area contributed by atoms with Crippen LogP contribution in [0.3, 0.4) is 0 Å². The highest BCUT2D eigenvalue weighted by Crippen LogP contribution is 1.94. The van der Waals surface area contributed by atoms with Crippen LogP contribution in [0.15, 0.2) is 0 Å². The molecule has 0 fully saturated rings. The summed E-state index contributed by atoms with van der Waals surface area (Å²) < 4.78 is 0. The molecule has 1 unspecified atom stereocenters. The Morgan fingerprint density at radius 2 is 1.90 bits per heavy atom. The minimum atomic E-state index is -1.70. The largest absolute Gasteiger partial charge is 0.550 e. The van der Waals surface area contributed by atoms with Gasteiger partial charge >= 0.3 is 0 Å². The summed E-state index contributed by atoms with van der Waals surface area (Å²) in [4.78, 5) is 29.3. The summed E-state index contributed by atoms with van der Waals surface area (Å²) in [5, 5.41) is 19.5. The average molecular weight is 144 g/mol. The number of carboxylic acid groups (broad SMARTS) is 2. The summed E-state index contributed by atoms with van der Waals surface area (Å²) in [5.74, 6) is -4.87. The van der Waals surface area contributed by atoms with E-state index < -0.39 is 24.3 Å². The van der Waals surface area contributed by atoms with Gasteiger partial charge in [0.25, 0.3) is 0 Å². The topological polar surface area (TPSA) is 97.3 Å². The van der Waals surface area contributed by atoms with Gasteiger partial charge in [-0.1, -0.05) is 0 Å². The van der Waals surface area contributed by atoms with Crippen molar-refractivity contribution in [3.63, 3.8) is 0 Å². The molecule has 5 heteroatoms. The molecule has 0 N–H and O–H groups in total. The lowest BCUT2D eigenvalue weighted by molar-refractivity contribution is -0.318. The van der Waals surface area contributed by atoms with E-state index in [-0.39, 0.29) is 6.29 Å². The molecule has 0 rings (SSSR count). The maximum atomic E-state index is 9.83. The van der Waals surface area contributed by atoms with E-state index in [0.717, 1.165) is 0 Å². The molecule has 5 nitrogen and oxygen atoms in total. The van der Waals surface area contributed by atoms with Crippen LogP contribution in [0.4, 0.5) is 0 Å². The van der Waals surface area contributed by atoms with E-state index in [1.165, 1.54) is 0 Å². The fourth-order valence-electron chi connectivity index (χ4n) is 0.367. The Labute approximate surface area is 56.3 Å². The van der Waals surface area contributed by atoms with Gasteiger partial charge in [-0.25, -0.2) is 0 Å². The molecule has 0 aromatic carbocycles. The first-order valence-corrected chi connectivity index (χ1v) is 2.44. The minimum absolute atomic E-state index is 0.00509. The van der Waals surface area contributed by atoms with Crippen molar-refractivity contribution in [1.29, 1.82) is 0 Å². The first-order valence-electron chi connectivity index (χ1n) is 2.44. The zero-order valence-electron chi connectivity index (χ0n) is 4.90. The van der Waals surface area contributed by atoms with E-state index in [0.29, 0.717) is 0 Å². The van der Waals surface area contributed by atoms with Crippen LogP contribution in [0.1, 0.15) is 6.42 Å². The summed E-state index contributed by atoms with van der Waals surface area (Å²) in [6.07, 6.45) is -0.822. The van der Waals surface area contributed by atoms with Gasteiger partial charge in [0.05, 0.1) is 11.9 Å². The van der Waals surface area contributed by atoms with Crippen LogP contribution < -0.4 is 10.2 Å². The average Bonchev–Trinajstić information content (AvgIpc) is 1.81. The van der Waals surface area contributed by atoms with E-state index in [9.17, 15) is 24.6 Å². The molecule has 0 bridgehead atoms. The Hall–Kier alpha value is -1.39. The molecule has 0 saturated heterocycles. The summed E-state index contributed by atoms with van der Waals surface area (Å²) >= 11 is 0. The number of rotatable bonds is 4. The monoisotopic (exact) mass is 144 g/mol. The quantitative estimate of drug-likeness (QED) is 0.304. The third-order valence-electron chi connectivity index (χ3n) is 0.854. The summed E-state index contributed by atoms with van der Waals surface area (Å²) in [6, 6.07) is 0. The molecular weight excluding hydrogens is 140 g/mol. The second-order valence-corrected chi connectivity index (χ2v) is 1.64. The number of carbonyl (C=O) groups excluding carboxylic acids is 3. The Morgan fingerprint density at radius 3 is 2.00 bits per heavy atom. The van der Waals surface area contributed by atoms with Gasteiger partial charge in [0, 0.05) is 12.4 Å². The highest BCUT2D eigenvalue weighted by atomic mass is 16.4. The van der Waals surface area contributed by atoms with Crippen LogP contribution in [-0.2, 0) is 14.4 Å². The van der Waals surface area contributed by atoms with Crippen LogP contribution >= 0.6 is 0 Å². The number of carboxylic acids is 2. The number of hydrogen-bond acceptors (Lipinski definition) is 5. The molecule has 0 aliphatic rings. The van der Waals surface area contributed by atoms with E-state index in [1.54, 1.807) is 0 Å². The molecule has 0 amide bonds. The fourth-order valence-corrected chi connectivity index (χ4v) is 0.367. The second-order valence-electron chi connectivity index (χ2n) is 1.64. The lowest BCUT2D eigenvalue weighted by Crippen LogP contribution is -2.36. The minimum Gasteiger partial charge on any atom is -0.550 e. The van der Waals surface area contributed by atoms with Gasteiger partial charge in [0.1, 0.15) is 6.29 Å². The molecule has 0 aromatic heterocycles. The van der Waals surface area contributed by atoms with Crippen LogP contribution in [0, 0.1) is 5.92 Å². The van der Waals surface area contributed by atoms with Gasteiger partial charge in [0.2, 0.25) is 0 Å². The van der Waals surface area contributed by atoms with Crippen LogP contribution in [0.5, 0.6) is 0 Å². The third kappa shape index (κ3) is 2.81. The van der Waals surface area contributed by atoms with E-state index >= 15 is 0 Å². The summed E-state index contributed by atoms with van der Waals surface area (Å²) in [7, 11) is 0. The number of carbonyl (C=O) groups is 3. The lowest BCUT2D eigenvalue weighted by Gasteiger charge is -2.10. The standard InChI is InChI=1S/C5H6O5/c6-2-3(5(9)10)1-4(7)8/h2-3H,1H2,(H,7,8)(H,9,10)/p-2. The number of aldehydes is 1. The molecule has 10 heavy (non-hydrogen) atoms. The van der Waals surface area contributed by atoms with Crippen molar-refractivity contribution in [2.75, 3.05) is 0 Å². The van der Waals surface area contributed by atoms with Gasteiger partial charge in [-0.2, -0.15) is 0 Å². The highest BCUT2D eigenvalue weighted by Gasteiger charge is 2.07. The van der Waals surface area contributed by atoms with Gasteiger partial charge < -0.3 is 24.6 Å². The van der Waals surface area contributed by atoms with Gasteiger partial charge in [-0.05, 0) is 0 Å². The predicted molar refractivity (Wildman–Crippen MR) is 24.2 cm³/mol. The fraction of sp³-hybridized carbons (Fsp3) is 0.400. The van der Waals surface area contributed by atoms with Crippen molar-refractivity contribution in [1.82, 2.24) is 0 Å². The zero-order chi connectivity index (χ0) is 8.15. The third-order valence-corrected chi connectivity index (χ3v) is 0.854. The Morgan fingerprint density at radius 1 is 1.40 bits per heavy atom. The Kier molecular flexibility index (Phi) is 3.10. The maximum absolute atomic E-state index is 9.83. The van der Waals surface area contributed by atoms with E-state index in [1.807, 2.05) is 0 Å². The van der Waals surface area contributed by atoms with Gasteiger partial charge in [-0.3, -0.25) is 0 Å². The van der Waals surface area contributed by atoms with Crippen molar-refractivity contribution < 1.29 is 24.6 Å².